The first-order chi connectivity index (χ1) is 14.2. The molecule has 3 aromatic rings. The lowest BCUT2D eigenvalue weighted by Gasteiger charge is -2.22. The minimum atomic E-state index is -0.721. The third kappa shape index (κ3) is 4.89. The van der Waals surface area contributed by atoms with Crippen LogP contribution in [0.5, 0.6) is 0 Å². The maximum absolute atomic E-state index is 13.0. The summed E-state index contributed by atoms with van der Waals surface area (Å²) in [6.45, 7) is 9.34. The van der Waals surface area contributed by atoms with Gasteiger partial charge >= 0.3 is 0 Å². The molecule has 2 aromatic heterocycles. The summed E-state index contributed by atoms with van der Waals surface area (Å²) in [5.41, 5.74) is 2.82. The van der Waals surface area contributed by atoms with E-state index in [4.69, 9.17) is 0 Å². The summed E-state index contributed by atoms with van der Waals surface area (Å²) in [6, 6.07) is 11.7. The Morgan fingerprint density at radius 2 is 1.57 bits per heavy atom. The molecule has 1 unspecified atom stereocenters. The Kier molecular flexibility index (Phi) is 6.25. The molecule has 2 amide bonds. The molecule has 3 rings (SSSR count). The fraction of sp³-hybridized carbons (Fsp3) is 0.318. The Labute approximate surface area is 175 Å². The zero-order valence-electron chi connectivity index (χ0n) is 17.8. The maximum Gasteiger partial charge on any atom is 0.252 e. The molecule has 0 bridgehead atoms. The molecule has 0 saturated carbocycles. The summed E-state index contributed by atoms with van der Waals surface area (Å²) >= 11 is 0. The summed E-state index contributed by atoms with van der Waals surface area (Å²) in [5.74, 6) is 0.0756. The van der Waals surface area contributed by atoms with Gasteiger partial charge in [0.1, 0.15) is 11.9 Å². The van der Waals surface area contributed by atoms with Crippen molar-refractivity contribution in [2.24, 2.45) is 5.92 Å². The fourth-order valence-electron chi connectivity index (χ4n) is 3.10. The molecule has 0 fully saturated rings. The molecular formula is C22H26N6O2. The van der Waals surface area contributed by atoms with E-state index in [-0.39, 0.29) is 17.7 Å². The average Bonchev–Trinajstić information content (AvgIpc) is 3.05. The highest BCUT2D eigenvalue weighted by molar-refractivity contribution is 6.01. The van der Waals surface area contributed by atoms with Gasteiger partial charge in [0.15, 0.2) is 0 Å². The number of nitrogens with one attached hydrogen (secondary N) is 2. The van der Waals surface area contributed by atoms with E-state index in [1.54, 1.807) is 30.3 Å². The molecule has 0 aliphatic carbocycles. The maximum atomic E-state index is 13.0. The Hall–Kier alpha value is -3.55. The van der Waals surface area contributed by atoms with Crippen LogP contribution < -0.4 is 10.6 Å². The van der Waals surface area contributed by atoms with Crippen LogP contribution in [0.2, 0.25) is 0 Å². The summed E-state index contributed by atoms with van der Waals surface area (Å²) in [4.78, 5) is 34.4. The molecule has 30 heavy (non-hydrogen) atoms. The van der Waals surface area contributed by atoms with Gasteiger partial charge in [-0.3, -0.25) is 9.59 Å². The van der Waals surface area contributed by atoms with Crippen LogP contribution in [0.1, 0.15) is 41.3 Å². The largest absolute Gasteiger partial charge is 0.340 e. The lowest BCUT2D eigenvalue weighted by atomic mass is 10.0. The van der Waals surface area contributed by atoms with Crippen molar-refractivity contribution in [3.63, 3.8) is 0 Å². The van der Waals surface area contributed by atoms with Crippen LogP contribution in [0.4, 0.5) is 5.82 Å². The SMILES string of the molecule is Cc1cc(C)nc(-n2nc(C)cc2NC(=O)C(NC(=O)c2ccccc2)C(C)C)n1. The number of hydrogen-bond acceptors (Lipinski definition) is 5. The van der Waals surface area contributed by atoms with E-state index in [1.807, 2.05) is 46.8 Å². The highest BCUT2D eigenvalue weighted by Gasteiger charge is 2.26. The van der Waals surface area contributed by atoms with Gasteiger partial charge in [-0.05, 0) is 44.9 Å². The average molecular weight is 406 g/mol. The Morgan fingerprint density at radius 3 is 2.17 bits per heavy atom. The third-order valence-electron chi connectivity index (χ3n) is 4.51. The molecule has 0 saturated heterocycles. The summed E-state index contributed by atoms with van der Waals surface area (Å²) in [5, 5.41) is 10.1. The van der Waals surface area contributed by atoms with Crippen LogP contribution in [0.3, 0.4) is 0 Å². The van der Waals surface area contributed by atoms with Crippen LogP contribution in [-0.2, 0) is 4.79 Å². The summed E-state index contributed by atoms with van der Waals surface area (Å²) in [6.07, 6.45) is 0. The summed E-state index contributed by atoms with van der Waals surface area (Å²) in [7, 11) is 0. The first-order valence-corrected chi connectivity index (χ1v) is 9.80. The molecule has 0 aliphatic rings. The van der Waals surface area contributed by atoms with Crippen molar-refractivity contribution >= 4 is 17.6 Å². The molecule has 2 heterocycles. The highest BCUT2D eigenvalue weighted by atomic mass is 16.2. The number of carbonyl (C=O) groups is 2. The zero-order chi connectivity index (χ0) is 21.8. The van der Waals surface area contributed by atoms with Gasteiger partial charge in [-0.1, -0.05) is 32.0 Å². The second kappa shape index (κ2) is 8.86. The quantitative estimate of drug-likeness (QED) is 0.655. The molecule has 1 aromatic carbocycles. The Balaban J connectivity index is 1.84. The minimum Gasteiger partial charge on any atom is -0.340 e. The number of hydrogen-bond donors (Lipinski definition) is 2. The molecule has 0 radical (unpaired) electrons. The molecule has 8 heteroatoms. The third-order valence-corrected chi connectivity index (χ3v) is 4.51. The van der Waals surface area contributed by atoms with E-state index in [0.29, 0.717) is 23.0 Å². The number of aryl methyl sites for hydroxylation is 3. The van der Waals surface area contributed by atoms with Gasteiger partial charge in [0, 0.05) is 23.0 Å². The van der Waals surface area contributed by atoms with Crippen LogP contribution in [0, 0.1) is 26.7 Å². The molecule has 0 aliphatic heterocycles. The van der Waals surface area contributed by atoms with Crippen molar-refractivity contribution in [3.05, 3.63) is 65.1 Å². The molecular weight excluding hydrogens is 380 g/mol. The lowest BCUT2D eigenvalue weighted by Crippen LogP contribution is -2.47. The summed E-state index contributed by atoms with van der Waals surface area (Å²) < 4.78 is 1.50. The van der Waals surface area contributed by atoms with E-state index in [0.717, 1.165) is 11.4 Å². The van der Waals surface area contributed by atoms with E-state index in [2.05, 4.69) is 25.7 Å². The van der Waals surface area contributed by atoms with E-state index in [9.17, 15) is 9.59 Å². The minimum absolute atomic E-state index is 0.118. The number of rotatable bonds is 6. The molecule has 2 N–H and O–H groups in total. The van der Waals surface area contributed by atoms with Crippen molar-refractivity contribution < 1.29 is 9.59 Å². The predicted molar refractivity (Wildman–Crippen MR) is 115 cm³/mol. The monoisotopic (exact) mass is 406 g/mol. The zero-order valence-corrected chi connectivity index (χ0v) is 17.8. The van der Waals surface area contributed by atoms with Crippen molar-refractivity contribution in [2.45, 2.75) is 40.7 Å². The van der Waals surface area contributed by atoms with E-state index in [1.165, 1.54) is 4.68 Å². The van der Waals surface area contributed by atoms with Crippen molar-refractivity contribution in [2.75, 3.05) is 5.32 Å². The van der Waals surface area contributed by atoms with Gasteiger partial charge in [-0.15, -0.1) is 0 Å². The second-order valence-electron chi connectivity index (χ2n) is 7.58. The first kappa shape index (κ1) is 21.2. The number of nitrogens with zero attached hydrogens (tertiary/aromatic N) is 4. The predicted octanol–water partition coefficient (Wildman–Crippen LogP) is 2.98. The number of anilines is 1. The number of benzene rings is 1. The fourth-order valence-corrected chi connectivity index (χ4v) is 3.10. The van der Waals surface area contributed by atoms with Crippen LogP contribution in [0.15, 0.2) is 42.5 Å². The molecule has 1 atom stereocenters. The molecule has 0 spiro atoms. The standard InChI is InChI=1S/C22H26N6O2/c1-13(2)19(26-20(29)17-9-7-6-8-10-17)21(30)25-18-12-16(5)27-28(18)22-23-14(3)11-15(4)24-22/h6-13,19H,1-5H3,(H,25,30)(H,26,29). The highest BCUT2D eigenvalue weighted by Crippen LogP contribution is 2.17. The normalized spacial score (nSPS) is 11.9. The number of amides is 2. The molecule has 156 valence electrons. The van der Waals surface area contributed by atoms with Gasteiger partial charge < -0.3 is 10.6 Å². The van der Waals surface area contributed by atoms with Crippen molar-refractivity contribution in [3.8, 4) is 5.95 Å². The van der Waals surface area contributed by atoms with Gasteiger partial charge in [0.05, 0.1) is 5.69 Å². The van der Waals surface area contributed by atoms with Crippen LogP contribution in [0.25, 0.3) is 5.95 Å². The van der Waals surface area contributed by atoms with Crippen LogP contribution in [-0.4, -0.2) is 37.6 Å². The van der Waals surface area contributed by atoms with Gasteiger partial charge in [0.2, 0.25) is 5.91 Å². The van der Waals surface area contributed by atoms with Gasteiger partial charge in [0.25, 0.3) is 11.9 Å². The molecule has 8 nitrogen and oxygen atoms in total. The lowest BCUT2D eigenvalue weighted by molar-refractivity contribution is -0.118. The van der Waals surface area contributed by atoms with Crippen molar-refractivity contribution in [1.29, 1.82) is 0 Å². The number of aromatic nitrogens is 4. The first-order valence-electron chi connectivity index (χ1n) is 9.80. The van der Waals surface area contributed by atoms with Gasteiger partial charge in [-0.2, -0.15) is 9.78 Å². The Bertz CT molecular complexity index is 1040. The number of carbonyl (C=O) groups excluding carboxylic acids is 2. The van der Waals surface area contributed by atoms with Crippen molar-refractivity contribution in [1.82, 2.24) is 25.1 Å². The van der Waals surface area contributed by atoms with Crippen LogP contribution >= 0.6 is 0 Å². The smallest absolute Gasteiger partial charge is 0.252 e. The van der Waals surface area contributed by atoms with E-state index >= 15 is 0 Å². The van der Waals surface area contributed by atoms with Gasteiger partial charge in [-0.25, -0.2) is 9.97 Å². The topological polar surface area (TPSA) is 102 Å². The Morgan fingerprint density at radius 1 is 0.933 bits per heavy atom. The van der Waals surface area contributed by atoms with E-state index < -0.39 is 6.04 Å². The second-order valence-corrected chi connectivity index (χ2v) is 7.58.